The SMILES string of the molecule is CC.CC(=O)CC1COC2CCCCC2N1C. The summed E-state index contributed by atoms with van der Waals surface area (Å²) in [6.45, 7) is 6.40. The molecule has 17 heavy (non-hydrogen) atoms. The third kappa shape index (κ3) is 3.78. The molecule has 1 saturated carbocycles. The second-order valence-electron chi connectivity index (χ2n) is 4.95. The zero-order valence-corrected chi connectivity index (χ0v) is 11.7. The van der Waals surface area contributed by atoms with Gasteiger partial charge in [0.1, 0.15) is 5.78 Å². The number of carbonyl (C=O) groups is 1. The smallest absolute Gasteiger partial charge is 0.131 e. The van der Waals surface area contributed by atoms with E-state index in [0.29, 0.717) is 24.6 Å². The maximum atomic E-state index is 11.1. The van der Waals surface area contributed by atoms with E-state index in [-0.39, 0.29) is 5.78 Å². The van der Waals surface area contributed by atoms with E-state index >= 15 is 0 Å². The van der Waals surface area contributed by atoms with Gasteiger partial charge >= 0.3 is 0 Å². The van der Waals surface area contributed by atoms with Gasteiger partial charge in [0, 0.05) is 18.5 Å². The van der Waals surface area contributed by atoms with E-state index in [1.54, 1.807) is 6.92 Å². The Balaban J connectivity index is 0.000000686. The standard InChI is InChI=1S/C12H21NO2.C2H6/c1-9(14)7-10-8-15-12-6-4-3-5-11(12)13(10)2;1-2/h10-12H,3-8H2,1-2H3;1-2H3. The molecule has 3 atom stereocenters. The average molecular weight is 241 g/mol. The van der Waals surface area contributed by atoms with Crippen LogP contribution in [0, 0.1) is 0 Å². The number of hydrogen-bond donors (Lipinski definition) is 0. The number of nitrogens with zero attached hydrogens (tertiary/aromatic N) is 1. The van der Waals surface area contributed by atoms with Crippen molar-refractivity contribution in [1.29, 1.82) is 0 Å². The van der Waals surface area contributed by atoms with Crippen LogP contribution in [0.15, 0.2) is 0 Å². The van der Waals surface area contributed by atoms with Crippen molar-refractivity contribution in [3.63, 3.8) is 0 Å². The van der Waals surface area contributed by atoms with Crippen molar-refractivity contribution >= 4 is 5.78 Å². The van der Waals surface area contributed by atoms with Crippen LogP contribution >= 0.6 is 0 Å². The van der Waals surface area contributed by atoms with Gasteiger partial charge in [-0.1, -0.05) is 26.7 Å². The lowest BCUT2D eigenvalue weighted by Gasteiger charge is -2.46. The number of hydrogen-bond acceptors (Lipinski definition) is 3. The molecule has 3 unspecified atom stereocenters. The molecule has 0 bridgehead atoms. The van der Waals surface area contributed by atoms with Crippen molar-refractivity contribution in [1.82, 2.24) is 4.90 Å². The van der Waals surface area contributed by atoms with Gasteiger partial charge < -0.3 is 4.74 Å². The van der Waals surface area contributed by atoms with Gasteiger partial charge in [-0.3, -0.25) is 9.69 Å². The highest BCUT2D eigenvalue weighted by Crippen LogP contribution is 2.30. The molecule has 1 aliphatic heterocycles. The van der Waals surface area contributed by atoms with Gasteiger partial charge in [-0.2, -0.15) is 0 Å². The molecule has 2 rings (SSSR count). The molecule has 100 valence electrons. The Bertz CT molecular complexity index is 242. The summed E-state index contributed by atoms with van der Waals surface area (Å²) in [4.78, 5) is 13.5. The van der Waals surface area contributed by atoms with E-state index in [0.717, 1.165) is 6.61 Å². The molecule has 3 nitrogen and oxygen atoms in total. The van der Waals surface area contributed by atoms with E-state index in [2.05, 4.69) is 11.9 Å². The summed E-state index contributed by atoms with van der Waals surface area (Å²) < 4.78 is 5.87. The highest BCUT2D eigenvalue weighted by atomic mass is 16.5. The van der Waals surface area contributed by atoms with Crippen molar-refractivity contribution < 1.29 is 9.53 Å². The third-order valence-electron chi connectivity index (χ3n) is 3.79. The second-order valence-corrected chi connectivity index (χ2v) is 4.95. The van der Waals surface area contributed by atoms with Crippen molar-refractivity contribution in [3.8, 4) is 0 Å². The number of ketones is 1. The molecule has 1 saturated heterocycles. The second kappa shape index (κ2) is 7.12. The van der Waals surface area contributed by atoms with E-state index in [9.17, 15) is 4.79 Å². The monoisotopic (exact) mass is 241 g/mol. The fraction of sp³-hybridized carbons (Fsp3) is 0.929. The summed E-state index contributed by atoms with van der Waals surface area (Å²) in [5.41, 5.74) is 0. The first-order valence-electron chi connectivity index (χ1n) is 7.01. The zero-order chi connectivity index (χ0) is 12.8. The van der Waals surface area contributed by atoms with Crippen molar-refractivity contribution in [2.75, 3.05) is 13.7 Å². The molecular weight excluding hydrogens is 214 g/mol. The van der Waals surface area contributed by atoms with Crippen LogP contribution in [0.2, 0.25) is 0 Å². The van der Waals surface area contributed by atoms with Crippen molar-refractivity contribution in [2.45, 2.75) is 71.1 Å². The van der Waals surface area contributed by atoms with Crippen molar-refractivity contribution in [2.24, 2.45) is 0 Å². The minimum absolute atomic E-state index is 0.268. The summed E-state index contributed by atoms with van der Waals surface area (Å²) >= 11 is 0. The summed E-state index contributed by atoms with van der Waals surface area (Å²) in [6.07, 6.45) is 6.09. The fourth-order valence-electron chi connectivity index (χ4n) is 2.90. The Labute approximate surface area is 106 Å². The van der Waals surface area contributed by atoms with Gasteiger partial charge in [0.05, 0.1) is 12.7 Å². The minimum atomic E-state index is 0.268. The highest BCUT2D eigenvalue weighted by molar-refractivity contribution is 5.76. The molecule has 2 aliphatic rings. The number of carbonyl (C=O) groups excluding carboxylic acids is 1. The molecule has 1 heterocycles. The van der Waals surface area contributed by atoms with Gasteiger partial charge in [-0.25, -0.2) is 0 Å². The van der Waals surface area contributed by atoms with Crippen LogP contribution in [0.4, 0.5) is 0 Å². The number of ether oxygens (including phenoxy) is 1. The predicted octanol–water partition coefficient (Wildman–Crippen LogP) is 2.63. The molecule has 0 amide bonds. The maximum Gasteiger partial charge on any atom is 0.131 e. The maximum absolute atomic E-state index is 11.1. The molecular formula is C14H27NO2. The van der Waals surface area contributed by atoms with E-state index in [1.807, 2.05) is 13.8 Å². The van der Waals surface area contributed by atoms with Crippen LogP contribution in [0.25, 0.3) is 0 Å². The van der Waals surface area contributed by atoms with Crippen LogP contribution in [0.1, 0.15) is 52.9 Å². The normalized spacial score (nSPS) is 33.3. The lowest BCUT2D eigenvalue weighted by molar-refractivity contribution is -0.129. The molecule has 0 N–H and O–H groups in total. The molecule has 3 heteroatoms. The summed E-state index contributed by atoms with van der Waals surface area (Å²) in [5.74, 6) is 0.268. The van der Waals surface area contributed by atoms with Crippen LogP contribution < -0.4 is 0 Å². The number of morpholine rings is 1. The summed E-state index contributed by atoms with van der Waals surface area (Å²) in [5, 5.41) is 0. The Morgan fingerprint density at radius 3 is 2.59 bits per heavy atom. The number of Topliss-reactive ketones (excluding diaryl/α,β-unsaturated/α-hetero) is 1. The molecule has 1 aliphatic carbocycles. The van der Waals surface area contributed by atoms with Gasteiger partial charge in [-0.05, 0) is 26.8 Å². The number of likely N-dealkylation sites (N-methyl/N-ethyl adjacent to an activating group) is 1. The van der Waals surface area contributed by atoms with Crippen molar-refractivity contribution in [3.05, 3.63) is 0 Å². The molecule has 0 aromatic heterocycles. The van der Waals surface area contributed by atoms with Gasteiger partial charge in [0.25, 0.3) is 0 Å². The lowest BCUT2D eigenvalue weighted by atomic mass is 9.88. The van der Waals surface area contributed by atoms with Crippen LogP contribution in [-0.2, 0) is 9.53 Å². The fourth-order valence-corrected chi connectivity index (χ4v) is 2.90. The van der Waals surface area contributed by atoms with Crippen LogP contribution in [-0.4, -0.2) is 42.5 Å². The molecule has 0 radical (unpaired) electrons. The van der Waals surface area contributed by atoms with Crippen LogP contribution in [0.3, 0.4) is 0 Å². The summed E-state index contributed by atoms with van der Waals surface area (Å²) in [7, 11) is 2.15. The Morgan fingerprint density at radius 1 is 1.29 bits per heavy atom. The third-order valence-corrected chi connectivity index (χ3v) is 3.79. The highest BCUT2D eigenvalue weighted by Gasteiger charge is 2.37. The van der Waals surface area contributed by atoms with E-state index in [4.69, 9.17) is 4.74 Å². The van der Waals surface area contributed by atoms with E-state index < -0.39 is 0 Å². The Kier molecular flexibility index (Phi) is 6.14. The van der Waals surface area contributed by atoms with Gasteiger partial charge in [-0.15, -0.1) is 0 Å². The Hall–Kier alpha value is -0.410. The first kappa shape index (κ1) is 14.7. The largest absolute Gasteiger partial charge is 0.375 e. The zero-order valence-electron chi connectivity index (χ0n) is 11.7. The quantitative estimate of drug-likeness (QED) is 0.744. The lowest BCUT2D eigenvalue weighted by Crippen LogP contribution is -2.56. The minimum Gasteiger partial charge on any atom is -0.375 e. The van der Waals surface area contributed by atoms with Crippen LogP contribution in [0.5, 0.6) is 0 Å². The molecule has 0 aromatic rings. The first-order valence-corrected chi connectivity index (χ1v) is 7.01. The molecule has 0 aromatic carbocycles. The van der Waals surface area contributed by atoms with E-state index in [1.165, 1.54) is 25.7 Å². The van der Waals surface area contributed by atoms with Gasteiger partial charge in [0.2, 0.25) is 0 Å². The van der Waals surface area contributed by atoms with Gasteiger partial charge in [0.15, 0.2) is 0 Å². The predicted molar refractivity (Wildman–Crippen MR) is 70.2 cm³/mol. The first-order chi connectivity index (χ1) is 8.18. The molecule has 0 spiro atoms. The average Bonchev–Trinajstić information content (AvgIpc) is 2.35. The topological polar surface area (TPSA) is 29.5 Å². The number of fused-ring (bicyclic) bond motifs is 1. The molecule has 2 fully saturated rings. The number of rotatable bonds is 2. The summed E-state index contributed by atoms with van der Waals surface area (Å²) in [6, 6.07) is 0.860. The Morgan fingerprint density at radius 2 is 1.94 bits per heavy atom.